The molecule has 0 radical (unpaired) electrons. The van der Waals surface area contributed by atoms with Crippen LogP contribution >= 0.6 is 22.7 Å². The summed E-state index contributed by atoms with van der Waals surface area (Å²) in [6.07, 6.45) is 0. The molecular formula is C20H20N2O4S2. The largest absolute Gasteiger partial charge is 0.493 e. The van der Waals surface area contributed by atoms with Crippen molar-refractivity contribution in [1.29, 1.82) is 0 Å². The molecule has 28 heavy (non-hydrogen) atoms. The Hall–Kier alpha value is -2.84. The minimum Gasteiger partial charge on any atom is -0.493 e. The third kappa shape index (κ3) is 4.90. The van der Waals surface area contributed by atoms with E-state index in [4.69, 9.17) is 9.47 Å². The van der Waals surface area contributed by atoms with Crippen molar-refractivity contribution in [2.24, 2.45) is 0 Å². The lowest BCUT2D eigenvalue weighted by Gasteiger charge is -2.10. The van der Waals surface area contributed by atoms with Crippen molar-refractivity contribution in [3.63, 3.8) is 0 Å². The smallest absolute Gasteiger partial charge is 0.315 e. The normalized spacial score (nSPS) is 10.4. The first-order valence-corrected chi connectivity index (χ1v) is 10.2. The summed E-state index contributed by atoms with van der Waals surface area (Å²) in [5.74, 6) is 1.26. The van der Waals surface area contributed by atoms with E-state index in [1.54, 1.807) is 26.4 Å². The van der Waals surface area contributed by atoms with Crippen LogP contribution in [0.3, 0.4) is 0 Å². The number of ketones is 1. The van der Waals surface area contributed by atoms with Gasteiger partial charge in [0.25, 0.3) is 0 Å². The first-order chi connectivity index (χ1) is 13.6. The van der Waals surface area contributed by atoms with E-state index in [1.165, 1.54) is 22.7 Å². The number of benzene rings is 1. The third-order valence-electron chi connectivity index (χ3n) is 3.99. The van der Waals surface area contributed by atoms with E-state index in [0.717, 1.165) is 10.4 Å². The molecule has 6 nitrogen and oxygen atoms in total. The van der Waals surface area contributed by atoms with Crippen molar-refractivity contribution in [1.82, 2.24) is 10.6 Å². The molecule has 2 heterocycles. The molecule has 2 N–H and O–H groups in total. The van der Waals surface area contributed by atoms with E-state index in [2.05, 4.69) is 10.6 Å². The first kappa shape index (κ1) is 19.9. The highest BCUT2D eigenvalue weighted by molar-refractivity contribution is 7.14. The number of hydrogen-bond acceptors (Lipinski definition) is 6. The molecule has 0 aliphatic heterocycles. The maximum atomic E-state index is 12.3. The fourth-order valence-corrected chi connectivity index (χ4v) is 4.08. The van der Waals surface area contributed by atoms with Crippen LogP contribution in [-0.4, -0.2) is 26.0 Å². The monoisotopic (exact) mass is 416 g/mol. The number of nitrogens with one attached hydrogen (secondary N) is 2. The van der Waals surface area contributed by atoms with Crippen LogP contribution < -0.4 is 20.1 Å². The molecule has 8 heteroatoms. The molecule has 2 aromatic heterocycles. The van der Waals surface area contributed by atoms with Gasteiger partial charge in [-0.2, -0.15) is 11.3 Å². The lowest BCUT2D eigenvalue weighted by molar-refractivity contribution is 0.104. The van der Waals surface area contributed by atoms with Crippen LogP contribution in [-0.2, 0) is 13.1 Å². The summed E-state index contributed by atoms with van der Waals surface area (Å²) < 4.78 is 10.5. The molecule has 0 atom stereocenters. The Kier molecular flexibility index (Phi) is 6.67. The van der Waals surface area contributed by atoms with Gasteiger partial charge in [-0.3, -0.25) is 4.79 Å². The molecule has 0 bridgehead atoms. The molecule has 0 saturated heterocycles. The zero-order chi connectivity index (χ0) is 19.9. The highest BCUT2D eigenvalue weighted by Crippen LogP contribution is 2.27. The number of ether oxygens (including phenoxy) is 2. The molecule has 0 aliphatic rings. The topological polar surface area (TPSA) is 76.7 Å². The van der Waals surface area contributed by atoms with Crippen LogP contribution in [0, 0.1) is 0 Å². The van der Waals surface area contributed by atoms with E-state index in [9.17, 15) is 9.59 Å². The molecule has 0 spiro atoms. The van der Waals surface area contributed by atoms with Crippen molar-refractivity contribution >= 4 is 34.5 Å². The van der Waals surface area contributed by atoms with Crippen LogP contribution in [0.15, 0.2) is 47.2 Å². The van der Waals surface area contributed by atoms with E-state index in [1.807, 2.05) is 35.0 Å². The Balaban J connectivity index is 1.49. The predicted molar refractivity (Wildman–Crippen MR) is 111 cm³/mol. The maximum absolute atomic E-state index is 12.3. The molecule has 1 aromatic carbocycles. The number of rotatable bonds is 8. The van der Waals surface area contributed by atoms with Crippen LogP contribution in [0.1, 0.15) is 25.7 Å². The van der Waals surface area contributed by atoms with Crippen LogP contribution in [0.2, 0.25) is 0 Å². The third-order valence-corrected chi connectivity index (χ3v) is 5.76. The van der Waals surface area contributed by atoms with Crippen molar-refractivity contribution < 1.29 is 19.1 Å². The quantitative estimate of drug-likeness (QED) is 0.543. The summed E-state index contributed by atoms with van der Waals surface area (Å²) in [7, 11) is 3.15. The second-order valence-corrected chi connectivity index (χ2v) is 7.78. The van der Waals surface area contributed by atoms with Gasteiger partial charge < -0.3 is 20.1 Å². The van der Waals surface area contributed by atoms with Gasteiger partial charge >= 0.3 is 6.03 Å². The van der Waals surface area contributed by atoms with Gasteiger partial charge in [-0.05, 0) is 41.3 Å². The average Bonchev–Trinajstić information content (AvgIpc) is 3.42. The molecule has 3 aromatic rings. The lowest BCUT2D eigenvalue weighted by atomic mass is 10.2. The highest BCUT2D eigenvalue weighted by atomic mass is 32.1. The number of amides is 2. The minimum atomic E-state index is -0.283. The Morgan fingerprint density at radius 2 is 1.75 bits per heavy atom. The van der Waals surface area contributed by atoms with Crippen LogP contribution in [0.5, 0.6) is 11.5 Å². The van der Waals surface area contributed by atoms with Gasteiger partial charge in [0.1, 0.15) is 0 Å². The summed E-state index contributed by atoms with van der Waals surface area (Å²) in [4.78, 5) is 26.0. The Morgan fingerprint density at radius 3 is 2.46 bits per heavy atom. The molecule has 0 fully saturated rings. The highest BCUT2D eigenvalue weighted by Gasteiger charge is 2.12. The summed E-state index contributed by atoms with van der Waals surface area (Å²) in [5.41, 5.74) is 1.59. The number of urea groups is 1. The second kappa shape index (κ2) is 9.38. The number of carbonyl (C=O) groups excluding carboxylic acids is 2. The Morgan fingerprint density at radius 1 is 0.964 bits per heavy atom. The number of carbonyl (C=O) groups is 2. The number of hydrogen-bond donors (Lipinski definition) is 2. The lowest BCUT2D eigenvalue weighted by Crippen LogP contribution is -2.34. The zero-order valence-corrected chi connectivity index (χ0v) is 17.1. The SMILES string of the molecule is COc1ccc(CNC(=O)NCc2ccc(C(=O)c3ccsc3)s2)cc1OC. The Labute approximate surface area is 171 Å². The second-order valence-electron chi connectivity index (χ2n) is 5.83. The van der Waals surface area contributed by atoms with Gasteiger partial charge in [0.05, 0.1) is 25.6 Å². The van der Waals surface area contributed by atoms with E-state index in [0.29, 0.717) is 35.0 Å². The molecule has 3 rings (SSSR count). The fraction of sp³-hybridized carbons (Fsp3) is 0.200. The summed E-state index contributed by atoms with van der Waals surface area (Å²) in [5, 5.41) is 9.32. The van der Waals surface area contributed by atoms with Crippen molar-refractivity contribution in [2.45, 2.75) is 13.1 Å². The standard InChI is InChI=1S/C20H20N2O4S2/c1-25-16-5-3-13(9-17(16)26-2)10-21-20(24)22-11-15-4-6-18(28-15)19(23)14-7-8-27-12-14/h3-9,12H,10-11H2,1-2H3,(H2,21,22,24). The van der Waals surface area contributed by atoms with Crippen LogP contribution in [0.25, 0.3) is 0 Å². The average molecular weight is 417 g/mol. The molecule has 0 saturated carbocycles. The molecule has 0 aliphatic carbocycles. The molecule has 2 amide bonds. The summed E-state index contributed by atoms with van der Waals surface area (Å²) in [6, 6.07) is 10.7. The van der Waals surface area contributed by atoms with Gasteiger partial charge in [0.15, 0.2) is 11.5 Å². The summed E-state index contributed by atoms with van der Waals surface area (Å²) in [6.45, 7) is 0.720. The predicted octanol–water partition coefficient (Wildman–Crippen LogP) is 4.06. The van der Waals surface area contributed by atoms with Gasteiger partial charge in [0, 0.05) is 22.4 Å². The van der Waals surface area contributed by atoms with E-state index < -0.39 is 0 Å². The van der Waals surface area contributed by atoms with E-state index >= 15 is 0 Å². The van der Waals surface area contributed by atoms with Crippen molar-refractivity contribution in [3.05, 3.63) is 68.0 Å². The minimum absolute atomic E-state index is 0.00963. The molecule has 146 valence electrons. The molecular weight excluding hydrogens is 396 g/mol. The van der Waals surface area contributed by atoms with Gasteiger partial charge in [-0.1, -0.05) is 6.07 Å². The number of methoxy groups -OCH3 is 2. The van der Waals surface area contributed by atoms with Gasteiger partial charge in [0.2, 0.25) is 5.78 Å². The summed E-state index contributed by atoms with van der Waals surface area (Å²) >= 11 is 2.88. The van der Waals surface area contributed by atoms with Crippen molar-refractivity contribution in [3.8, 4) is 11.5 Å². The van der Waals surface area contributed by atoms with Gasteiger partial charge in [-0.25, -0.2) is 4.79 Å². The van der Waals surface area contributed by atoms with Gasteiger partial charge in [-0.15, -0.1) is 11.3 Å². The Bertz CT molecular complexity index is 951. The van der Waals surface area contributed by atoms with E-state index in [-0.39, 0.29) is 11.8 Å². The fourth-order valence-electron chi connectivity index (χ4n) is 2.53. The number of thiophene rings is 2. The zero-order valence-electron chi connectivity index (χ0n) is 15.5. The maximum Gasteiger partial charge on any atom is 0.315 e. The van der Waals surface area contributed by atoms with Crippen molar-refractivity contribution in [2.75, 3.05) is 14.2 Å². The van der Waals surface area contributed by atoms with Crippen LogP contribution in [0.4, 0.5) is 4.79 Å². The first-order valence-electron chi connectivity index (χ1n) is 8.49. The molecule has 0 unspecified atom stereocenters.